The minimum absolute atomic E-state index is 0.0708. The maximum Gasteiger partial charge on any atom is 0.264 e. The van der Waals surface area contributed by atoms with Crippen LogP contribution in [0.1, 0.15) is 11.1 Å². The number of nitrogens with zero attached hydrogens (tertiary/aromatic N) is 2. The van der Waals surface area contributed by atoms with E-state index in [1.54, 1.807) is 29.2 Å². The topological polar surface area (TPSA) is 66.9 Å². The van der Waals surface area contributed by atoms with Crippen molar-refractivity contribution < 1.29 is 17.9 Å². The molecule has 0 N–H and O–H groups in total. The molecule has 2 aromatic carbocycles. The summed E-state index contributed by atoms with van der Waals surface area (Å²) in [6.07, 6.45) is 0.0549. The number of fused-ring (bicyclic) bond motifs is 1. The molecule has 1 fully saturated rings. The van der Waals surface area contributed by atoms with E-state index in [4.69, 9.17) is 4.74 Å². The number of para-hydroxylation sites is 1. The van der Waals surface area contributed by atoms with Gasteiger partial charge in [0.25, 0.3) is 5.91 Å². The lowest BCUT2D eigenvalue weighted by Gasteiger charge is -2.35. The van der Waals surface area contributed by atoms with Crippen LogP contribution in [0.25, 0.3) is 0 Å². The third-order valence-corrected chi connectivity index (χ3v) is 7.04. The van der Waals surface area contributed by atoms with Crippen LogP contribution in [0, 0.1) is 6.92 Å². The molecule has 4 rings (SSSR count). The molecule has 0 radical (unpaired) electrons. The molecule has 0 spiro atoms. The fraction of sp³-hybridized carbons (Fsp3) is 0.350. The number of rotatable bonds is 3. The van der Waals surface area contributed by atoms with Crippen molar-refractivity contribution in [1.29, 1.82) is 0 Å². The van der Waals surface area contributed by atoms with Crippen molar-refractivity contribution in [2.45, 2.75) is 24.3 Å². The van der Waals surface area contributed by atoms with Gasteiger partial charge in [0.1, 0.15) is 5.75 Å². The van der Waals surface area contributed by atoms with E-state index >= 15 is 0 Å². The second-order valence-corrected chi connectivity index (χ2v) is 8.90. The molecule has 2 heterocycles. The molecule has 1 atom stereocenters. The first-order valence-electron chi connectivity index (χ1n) is 9.05. The molecule has 7 heteroatoms. The van der Waals surface area contributed by atoms with Gasteiger partial charge in [-0.1, -0.05) is 35.9 Å². The van der Waals surface area contributed by atoms with E-state index < -0.39 is 16.1 Å². The van der Waals surface area contributed by atoms with Crippen molar-refractivity contribution in [3.05, 3.63) is 59.7 Å². The molecular formula is C20H22N2O4S. The highest BCUT2D eigenvalue weighted by atomic mass is 32.2. The Bertz CT molecular complexity index is 923. The van der Waals surface area contributed by atoms with E-state index in [0.717, 1.165) is 16.9 Å². The van der Waals surface area contributed by atoms with E-state index in [-0.39, 0.29) is 5.91 Å². The average Bonchev–Trinajstić information content (AvgIpc) is 3.12. The average molecular weight is 386 g/mol. The van der Waals surface area contributed by atoms with E-state index in [1.807, 2.05) is 31.2 Å². The molecule has 6 nitrogen and oxygen atoms in total. The number of amides is 1. The van der Waals surface area contributed by atoms with Crippen molar-refractivity contribution in [2.75, 3.05) is 26.2 Å². The zero-order valence-corrected chi connectivity index (χ0v) is 16.0. The van der Waals surface area contributed by atoms with Gasteiger partial charge in [0.2, 0.25) is 10.0 Å². The number of carbonyl (C=O) groups excluding carboxylic acids is 1. The third-order valence-electron chi connectivity index (χ3n) is 5.13. The molecular weight excluding hydrogens is 364 g/mol. The summed E-state index contributed by atoms with van der Waals surface area (Å²) < 4.78 is 32.8. The highest BCUT2D eigenvalue weighted by Crippen LogP contribution is 2.29. The van der Waals surface area contributed by atoms with Crippen LogP contribution in [-0.4, -0.2) is 55.8 Å². The van der Waals surface area contributed by atoms with E-state index in [1.165, 1.54) is 4.31 Å². The van der Waals surface area contributed by atoms with Crippen LogP contribution in [0.5, 0.6) is 5.75 Å². The van der Waals surface area contributed by atoms with Gasteiger partial charge >= 0.3 is 0 Å². The second-order valence-electron chi connectivity index (χ2n) is 6.96. The van der Waals surface area contributed by atoms with Gasteiger partial charge in [0.05, 0.1) is 4.90 Å². The number of hydrogen-bond donors (Lipinski definition) is 0. The number of benzene rings is 2. The summed E-state index contributed by atoms with van der Waals surface area (Å²) in [5.74, 6) is 0.690. The molecule has 27 heavy (non-hydrogen) atoms. The highest BCUT2D eigenvalue weighted by Gasteiger charge is 2.35. The Labute approximate surface area is 159 Å². The summed E-state index contributed by atoms with van der Waals surface area (Å²) in [4.78, 5) is 14.8. The Kier molecular flexibility index (Phi) is 4.65. The summed E-state index contributed by atoms with van der Waals surface area (Å²) in [7, 11) is -3.53. The number of carbonyl (C=O) groups is 1. The molecule has 142 valence electrons. The van der Waals surface area contributed by atoms with E-state index in [9.17, 15) is 13.2 Å². The molecule has 0 saturated carbocycles. The molecule has 2 aliphatic heterocycles. The lowest BCUT2D eigenvalue weighted by Crippen LogP contribution is -2.53. The van der Waals surface area contributed by atoms with Crippen molar-refractivity contribution in [3.63, 3.8) is 0 Å². The molecule has 0 aliphatic carbocycles. The predicted octanol–water partition coefficient (Wildman–Crippen LogP) is 1.83. The first kappa shape index (κ1) is 18.0. The Morgan fingerprint density at radius 2 is 1.67 bits per heavy atom. The predicted molar refractivity (Wildman–Crippen MR) is 101 cm³/mol. The maximum absolute atomic E-state index is 12.8. The van der Waals surface area contributed by atoms with Gasteiger partial charge in [-0.25, -0.2) is 8.42 Å². The van der Waals surface area contributed by atoms with Gasteiger partial charge in [-0.15, -0.1) is 0 Å². The van der Waals surface area contributed by atoms with Gasteiger partial charge in [0, 0.05) is 32.6 Å². The Morgan fingerprint density at radius 1 is 1.00 bits per heavy atom. The third kappa shape index (κ3) is 3.44. The molecule has 1 amide bonds. The first-order chi connectivity index (χ1) is 12.9. The monoisotopic (exact) mass is 386 g/mol. The smallest absolute Gasteiger partial charge is 0.264 e. The number of sulfonamides is 1. The van der Waals surface area contributed by atoms with E-state index in [2.05, 4.69) is 0 Å². The number of piperazine rings is 1. The summed E-state index contributed by atoms with van der Waals surface area (Å²) in [5.41, 5.74) is 2.05. The molecule has 2 aromatic rings. The Balaban J connectivity index is 1.39. The van der Waals surface area contributed by atoms with Crippen LogP contribution >= 0.6 is 0 Å². The summed E-state index contributed by atoms with van der Waals surface area (Å²) in [5, 5.41) is 0. The standard InChI is InChI=1S/C20H22N2O4S/c1-15-6-8-17(9-7-15)27(24,25)22-12-10-21(11-13-22)20(23)19-14-16-4-2-3-5-18(16)26-19/h2-9,19H,10-14H2,1H3/t19-/m0/s1. The number of ether oxygens (including phenoxy) is 1. The number of hydrogen-bond acceptors (Lipinski definition) is 4. The maximum atomic E-state index is 12.8. The van der Waals surface area contributed by atoms with Gasteiger partial charge in [0.15, 0.2) is 6.10 Å². The fourth-order valence-corrected chi connectivity index (χ4v) is 4.95. The SMILES string of the molecule is Cc1ccc(S(=O)(=O)N2CCN(C(=O)[C@@H]3Cc4ccccc4O3)CC2)cc1. The van der Waals surface area contributed by atoms with Crippen LogP contribution < -0.4 is 4.74 Å². The molecule has 0 aromatic heterocycles. The summed E-state index contributed by atoms with van der Waals surface area (Å²) in [6.45, 7) is 3.26. The van der Waals surface area contributed by atoms with Crippen molar-refractivity contribution in [3.8, 4) is 5.75 Å². The Hall–Kier alpha value is -2.38. The van der Waals surface area contributed by atoms with Crippen molar-refractivity contribution >= 4 is 15.9 Å². The largest absolute Gasteiger partial charge is 0.480 e. The summed E-state index contributed by atoms with van der Waals surface area (Å²) >= 11 is 0. The highest BCUT2D eigenvalue weighted by molar-refractivity contribution is 7.89. The fourth-order valence-electron chi connectivity index (χ4n) is 3.53. The van der Waals surface area contributed by atoms with Crippen LogP contribution in [0.3, 0.4) is 0 Å². The van der Waals surface area contributed by atoms with Crippen LogP contribution in [0.2, 0.25) is 0 Å². The van der Waals surface area contributed by atoms with Crippen LogP contribution in [0.4, 0.5) is 0 Å². The van der Waals surface area contributed by atoms with Crippen LogP contribution in [0.15, 0.2) is 53.4 Å². The van der Waals surface area contributed by atoms with Crippen molar-refractivity contribution in [2.24, 2.45) is 0 Å². The van der Waals surface area contributed by atoms with Gasteiger partial charge < -0.3 is 9.64 Å². The zero-order chi connectivity index (χ0) is 19.0. The van der Waals surface area contributed by atoms with E-state index in [0.29, 0.717) is 37.5 Å². The molecule has 0 bridgehead atoms. The van der Waals surface area contributed by atoms with Gasteiger partial charge in [-0.2, -0.15) is 4.31 Å². The lowest BCUT2D eigenvalue weighted by molar-refractivity contribution is -0.139. The zero-order valence-electron chi connectivity index (χ0n) is 15.2. The number of aryl methyl sites for hydroxylation is 1. The van der Waals surface area contributed by atoms with Gasteiger partial charge in [-0.05, 0) is 30.7 Å². The minimum atomic E-state index is -3.53. The summed E-state index contributed by atoms with van der Waals surface area (Å²) in [6, 6.07) is 14.5. The lowest BCUT2D eigenvalue weighted by atomic mass is 10.1. The van der Waals surface area contributed by atoms with Crippen LogP contribution in [-0.2, 0) is 21.2 Å². The Morgan fingerprint density at radius 3 is 2.33 bits per heavy atom. The molecule has 0 unspecified atom stereocenters. The normalized spacial score (nSPS) is 20.2. The van der Waals surface area contributed by atoms with Gasteiger partial charge in [-0.3, -0.25) is 4.79 Å². The molecule has 1 saturated heterocycles. The second kappa shape index (κ2) is 6.98. The molecule has 2 aliphatic rings. The minimum Gasteiger partial charge on any atom is -0.480 e. The first-order valence-corrected chi connectivity index (χ1v) is 10.5. The van der Waals surface area contributed by atoms with Crippen molar-refractivity contribution in [1.82, 2.24) is 9.21 Å². The quantitative estimate of drug-likeness (QED) is 0.807.